The van der Waals surface area contributed by atoms with Gasteiger partial charge < -0.3 is 9.84 Å². The van der Waals surface area contributed by atoms with Crippen LogP contribution in [0, 0.1) is 0 Å². The fraction of sp³-hybridized carbons (Fsp3) is 0.375. The van der Waals surface area contributed by atoms with Crippen molar-refractivity contribution in [2.45, 2.75) is 12.3 Å². The molecule has 0 amide bonds. The molecule has 0 aromatic carbocycles. The van der Waals surface area contributed by atoms with Crippen molar-refractivity contribution in [1.29, 1.82) is 0 Å². The third-order valence-corrected chi connectivity index (χ3v) is 1.99. The van der Waals surface area contributed by atoms with Gasteiger partial charge in [0.05, 0.1) is 12.1 Å². The largest absolute Gasteiger partial charge is 0.481 e. The van der Waals surface area contributed by atoms with E-state index < -0.39 is 17.8 Å². The smallest absolute Gasteiger partial charge is 0.418 e. The number of methoxy groups -OCH3 is 1. The van der Waals surface area contributed by atoms with Crippen molar-refractivity contribution in [2.24, 2.45) is 0 Å². The number of hydrogen-bond acceptors (Lipinski definition) is 3. The fourth-order valence-corrected chi connectivity index (χ4v) is 1.14. The van der Waals surface area contributed by atoms with Gasteiger partial charge in [0.15, 0.2) is 6.10 Å². The van der Waals surface area contributed by atoms with Crippen molar-refractivity contribution in [3.63, 3.8) is 0 Å². The number of aliphatic hydroxyl groups is 1. The van der Waals surface area contributed by atoms with Gasteiger partial charge in [-0.3, -0.25) is 0 Å². The molecule has 0 aliphatic heterocycles. The van der Waals surface area contributed by atoms with Crippen LogP contribution < -0.4 is 4.74 Å². The summed E-state index contributed by atoms with van der Waals surface area (Å²) >= 11 is 5.48. The quantitative estimate of drug-likeness (QED) is 0.864. The number of hydrogen-bond donors (Lipinski definition) is 1. The summed E-state index contributed by atoms with van der Waals surface area (Å²) in [5.74, 6) is -0.0438. The van der Waals surface area contributed by atoms with E-state index in [2.05, 4.69) is 9.72 Å². The first-order valence-electron chi connectivity index (χ1n) is 3.80. The van der Waals surface area contributed by atoms with Gasteiger partial charge in [-0.25, -0.2) is 4.98 Å². The van der Waals surface area contributed by atoms with Gasteiger partial charge in [0.1, 0.15) is 0 Å². The number of nitrogens with zero attached hydrogens (tertiary/aromatic N) is 1. The fourth-order valence-electron chi connectivity index (χ4n) is 0.932. The zero-order valence-corrected chi connectivity index (χ0v) is 8.30. The normalized spacial score (nSPS) is 13.7. The summed E-state index contributed by atoms with van der Waals surface area (Å²) in [5, 5.41) is 8.70. The number of halogens is 4. The molecule has 1 rings (SSSR count). The van der Waals surface area contributed by atoms with Crippen LogP contribution in [0.1, 0.15) is 11.7 Å². The van der Waals surface area contributed by atoms with E-state index in [1.165, 1.54) is 7.11 Å². The highest BCUT2D eigenvalue weighted by Gasteiger charge is 2.40. The van der Waals surface area contributed by atoms with E-state index in [0.29, 0.717) is 0 Å². The van der Waals surface area contributed by atoms with Crippen molar-refractivity contribution in [1.82, 2.24) is 4.98 Å². The standard InChI is InChI=1S/C8H7ClF3NO2/c1-15-6-2-4(5(9)3-13-6)7(14)8(10,11)12/h2-3,7,14H,1H3/t7-/m1/s1. The van der Waals surface area contributed by atoms with E-state index in [1.807, 2.05) is 0 Å². The summed E-state index contributed by atoms with van der Waals surface area (Å²) < 4.78 is 41.2. The Balaban J connectivity index is 3.12. The van der Waals surface area contributed by atoms with Gasteiger partial charge >= 0.3 is 6.18 Å². The summed E-state index contributed by atoms with van der Waals surface area (Å²) in [5.41, 5.74) is -0.476. The van der Waals surface area contributed by atoms with Crippen LogP contribution in [0.4, 0.5) is 13.2 Å². The lowest BCUT2D eigenvalue weighted by Crippen LogP contribution is -2.20. The molecule has 0 aliphatic carbocycles. The van der Waals surface area contributed by atoms with Gasteiger partial charge in [0.25, 0.3) is 0 Å². The van der Waals surface area contributed by atoms with E-state index in [4.69, 9.17) is 16.7 Å². The van der Waals surface area contributed by atoms with Gasteiger partial charge in [-0.15, -0.1) is 0 Å². The molecule has 0 saturated carbocycles. The van der Waals surface area contributed by atoms with Crippen LogP contribution in [0.25, 0.3) is 0 Å². The second-order valence-electron chi connectivity index (χ2n) is 2.69. The molecule has 1 atom stereocenters. The first kappa shape index (κ1) is 12.1. The molecule has 0 aliphatic rings. The highest BCUT2D eigenvalue weighted by Crippen LogP contribution is 2.36. The second-order valence-corrected chi connectivity index (χ2v) is 3.10. The molecule has 1 N–H and O–H groups in total. The van der Waals surface area contributed by atoms with Crippen LogP contribution >= 0.6 is 11.6 Å². The Labute approximate surface area is 88.5 Å². The Kier molecular flexibility index (Phi) is 3.41. The van der Waals surface area contributed by atoms with Gasteiger partial charge in [0, 0.05) is 17.8 Å². The highest BCUT2D eigenvalue weighted by molar-refractivity contribution is 6.31. The molecule has 1 aromatic heterocycles. The summed E-state index contributed by atoms with van der Waals surface area (Å²) in [6.07, 6.45) is -6.41. The lowest BCUT2D eigenvalue weighted by Gasteiger charge is -2.16. The minimum atomic E-state index is -4.77. The number of alkyl halides is 3. The third-order valence-electron chi connectivity index (χ3n) is 1.67. The topological polar surface area (TPSA) is 42.4 Å². The van der Waals surface area contributed by atoms with Crippen LogP contribution in [0.5, 0.6) is 5.88 Å². The molecule has 1 aromatic rings. The number of pyridine rings is 1. The number of aromatic nitrogens is 1. The van der Waals surface area contributed by atoms with Gasteiger partial charge in [-0.05, 0) is 0 Å². The molecule has 0 radical (unpaired) electrons. The average molecular weight is 242 g/mol. The summed E-state index contributed by atoms with van der Waals surface area (Å²) in [7, 11) is 1.25. The van der Waals surface area contributed by atoms with Crippen molar-refractivity contribution in [2.75, 3.05) is 7.11 Å². The maximum Gasteiger partial charge on any atom is 0.418 e. The van der Waals surface area contributed by atoms with Crippen molar-refractivity contribution < 1.29 is 23.0 Å². The Morgan fingerprint density at radius 3 is 2.60 bits per heavy atom. The molecule has 7 heteroatoms. The van der Waals surface area contributed by atoms with Crippen LogP contribution in [0.3, 0.4) is 0 Å². The summed E-state index contributed by atoms with van der Waals surface area (Å²) in [6, 6.07) is 0.945. The van der Waals surface area contributed by atoms with Crippen molar-refractivity contribution >= 4 is 11.6 Å². The molecule has 0 fully saturated rings. The lowest BCUT2D eigenvalue weighted by molar-refractivity contribution is -0.206. The number of rotatable bonds is 2. The SMILES string of the molecule is COc1cc([C@@H](O)C(F)(F)F)c(Cl)cn1. The lowest BCUT2D eigenvalue weighted by atomic mass is 10.1. The van der Waals surface area contributed by atoms with Gasteiger partial charge in [-0.2, -0.15) is 13.2 Å². The van der Waals surface area contributed by atoms with E-state index in [-0.39, 0.29) is 10.9 Å². The first-order chi connectivity index (χ1) is 6.86. The van der Waals surface area contributed by atoms with Crippen molar-refractivity contribution in [3.8, 4) is 5.88 Å². The first-order valence-corrected chi connectivity index (χ1v) is 4.18. The Hall–Kier alpha value is -1.01. The molecular formula is C8H7ClF3NO2. The minimum absolute atomic E-state index is 0.0438. The van der Waals surface area contributed by atoms with Crippen LogP contribution in [0.2, 0.25) is 5.02 Å². The summed E-state index contributed by atoms with van der Waals surface area (Å²) in [6.45, 7) is 0. The Morgan fingerprint density at radius 1 is 1.53 bits per heavy atom. The summed E-state index contributed by atoms with van der Waals surface area (Å²) in [4.78, 5) is 3.59. The predicted octanol–water partition coefficient (Wildman–Crippen LogP) is 2.34. The van der Waals surface area contributed by atoms with E-state index >= 15 is 0 Å². The zero-order valence-electron chi connectivity index (χ0n) is 7.55. The van der Waals surface area contributed by atoms with Crippen molar-refractivity contribution in [3.05, 3.63) is 22.8 Å². The number of aliphatic hydroxyl groups excluding tert-OH is 1. The minimum Gasteiger partial charge on any atom is -0.481 e. The van der Waals surface area contributed by atoms with E-state index in [1.54, 1.807) is 0 Å². The molecule has 0 spiro atoms. The van der Waals surface area contributed by atoms with Gasteiger partial charge in [0.2, 0.25) is 5.88 Å². The molecule has 0 bridgehead atoms. The van der Waals surface area contributed by atoms with E-state index in [9.17, 15) is 13.2 Å². The van der Waals surface area contributed by atoms with Gasteiger partial charge in [-0.1, -0.05) is 11.6 Å². The Morgan fingerprint density at radius 2 is 2.13 bits per heavy atom. The molecular weight excluding hydrogens is 235 g/mol. The molecule has 0 saturated heterocycles. The maximum absolute atomic E-state index is 12.2. The second kappa shape index (κ2) is 4.24. The zero-order chi connectivity index (χ0) is 11.6. The highest BCUT2D eigenvalue weighted by atomic mass is 35.5. The maximum atomic E-state index is 12.2. The molecule has 1 heterocycles. The molecule has 0 unspecified atom stereocenters. The molecule has 15 heavy (non-hydrogen) atoms. The van der Waals surface area contributed by atoms with E-state index in [0.717, 1.165) is 12.3 Å². The molecule has 3 nitrogen and oxygen atoms in total. The predicted molar refractivity (Wildman–Crippen MR) is 46.8 cm³/mol. The average Bonchev–Trinajstić information content (AvgIpc) is 2.16. The third kappa shape index (κ3) is 2.73. The Bertz CT molecular complexity index is 356. The van der Waals surface area contributed by atoms with Crippen LogP contribution in [-0.4, -0.2) is 23.4 Å². The van der Waals surface area contributed by atoms with Crippen LogP contribution in [-0.2, 0) is 0 Å². The monoisotopic (exact) mass is 241 g/mol. The van der Waals surface area contributed by atoms with Crippen LogP contribution in [0.15, 0.2) is 12.3 Å². The molecule has 84 valence electrons. The number of ether oxygens (including phenoxy) is 1.